The molecule has 3 aromatic rings. The minimum atomic E-state index is -3.95. The van der Waals surface area contributed by atoms with Gasteiger partial charge in [-0.3, -0.25) is 4.79 Å². The van der Waals surface area contributed by atoms with Crippen LogP contribution in [0, 0.1) is 6.92 Å². The molecule has 1 aliphatic heterocycles. The fourth-order valence-electron chi connectivity index (χ4n) is 4.59. The quantitative estimate of drug-likeness (QED) is 0.425. The number of hydrogen-bond acceptors (Lipinski definition) is 6. The molecular formula is C29H35N3O5S. The number of benzene rings is 3. The van der Waals surface area contributed by atoms with Crippen LogP contribution in [0.25, 0.3) is 0 Å². The first kappa shape index (κ1) is 27.5. The Kier molecular flexibility index (Phi) is 8.91. The van der Waals surface area contributed by atoms with Gasteiger partial charge in [0.05, 0.1) is 18.6 Å². The van der Waals surface area contributed by atoms with Crippen molar-refractivity contribution < 1.29 is 22.7 Å². The summed E-state index contributed by atoms with van der Waals surface area (Å²) in [6, 6.07) is 21.1. The van der Waals surface area contributed by atoms with Gasteiger partial charge in [-0.25, -0.2) is 8.42 Å². The lowest BCUT2D eigenvalue weighted by Gasteiger charge is -2.37. The van der Waals surface area contributed by atoms with E-state index in [-0.39, 0.29) is 17.2 Å². The zero-order chi connectivity index (χ0) is 27.1. The van der Waals surface area contributed by atoms with Crippen LogP contribution in [0.15, 0.2) is 77.7 Å². The maximum Gasteiger partial charge on any atom is 0.241 e. The number of ether oxygens (including phenoxy) is 2. The largest absolute Gasteiger partial charge is 0.497 e. The van der Waals surface area contributed by atoms with Gasteiger partial charge in [-0.05, 0) is 73.9 Å². The fraction of sp³-hybridized carbons (Fsp3) is 0.345. The highest BCUT2D eigenvalue weighted by Crippen LogP contribution is 2.23. The van der Waals surface area contributed by atoms with E-state index < -0.39 is 16.1 Å². The molecule has 0 aliphatic carbocycles. The Bertz CT molecular complexity index is 1320. The molecule has 1 N–H and O–H groups in total. The molecule has 1 amide bonds. The van der Waals surface area contributed by atoms with E-state index in [2.05, 4.69) is 9.62 Å². The predicted molar refractivity (Wildman–Crippen MR) is 148 cm³/mol. The average Bonchev–Trinajstić information content (AvgIpc) is 2.94. The number of amides is 1. The third-order valence-corrected chi connectivity index (χ3v) is 8.13. The lowest BCUT2D eigenvalue weighted by atomic mass is 10.1. The Hall–Kier alpha value is -3.56. The summed E-state index contributed by atoms with van der Waals surface area (Å²) in [6.07, 6.45) is 0.258. The molecule has 1 saturated heterocycles. The van der Waals surface area contributed by atoms with Crippen molar-refractivity contribution in [1.29, 1.82) is 0 Å². The molecule has 4 rings (SSSR count). The molecule has 1 unspecified atom stereocenters. The van der Waals surface area contributed by atoms with Gasteiger partial charge >= 0.3 is 0 Å². The second-order valence-electron chi connectivity index (χ2n) is 9.23. The Morgan fingerprint density at radius 2 is 1.66 bits per heavy atom. The van der Waals surface area contributed by atoms with Crippen molar-refractivity contribution in [3.63, 3.8) is 0 Å². The normalized spacial score (nSPS) is 14.7. The molecule has 1 fully saturated rings. The Morgan fingerprint density at radius 3 is 2.26 bits per heavy atom. The summed E-state index contributed by atoms with van der Waals surface area (Å²) in [5.74, 6) is 1.20. The molecule has 202 valence electrons. The van der Waals surface area contributed by atoms with Crippen molar-refractivity contribution >= 4 is 21.6 Å². The van der Waals surface area contributed by atoms with Crippen LogP contribution in [-0.4, -0.2) is 65.2 Å². The minimum Gasteiger partial charge on any atom is -0.497 e. The number of anilines is 1. The summed E-state index contributed by atoms with van der Waals surface area (Å²) in [4.78, 5) is 17.8. The first-order chi connectivity index (χ1) is 18.3. The topological polar surface area (TPSA) is 88.2 Å². The summed E-state index contributed by atoms with van der Waals surface area (Å²) in [7, 11) is -2.32. The Balaban J connectivity index is 1.50. The van der Waals surface area contributed by atoms with Gasteiger partial charge in [0.2, 0.25) is 15.9 Å². The number of piperazine rings is 1. The van der Waals surface area contributed by atoms with Crippen molar-refractivity contribution in [1.82, 2.24) is 9.62 Å². The van der Waals surface area contributed by atoms with Gasteiger partial charge in [0.1, 0.15) is 17.5 Å². The maximum absolute atomic E-state index is 13.7. The van der Waals surface area contributed by atoms with Crippen molar-refractivity contribution in [3.8, 4) is 11.5 Å². The third kappa shape index (κ3) is 6.65. The molecule has 0 spiro atoms. The molecule has 1 aliphatic rings. The minimum absolute atomic E-state index is 0.105. The first-order valence-corrected chi connectivity index (χ1v) is 14.3. The summed E-state index contributed by atoms with van der Waals surface area (Å²) in [6.45, 7) is 6.48. The second-order valence-corrected chi connectivity index (χ2v) is 10.9. The molecule has 1 heterocycles. The monoisotopic (exact) mass is 537 g/mol. The van der Waals surface area contributed by atoms with Gasteiger partial charge in [-0.2, -0.15) is 4.72 Å². The number of carbonyl (C=O) groups excluding carboxylic acids is 1. The van der Waals surface area contributed by atoms with E-state index in [1.807, 2.05) is 61.5 Å². The smallest absolute Gasteiger partial charge is 0.241 e. The predicted octanol–water partition coefficient (Wildman–Crippen LogP) is 3.64. The number of hydrogen-bond donors (Lipinski definition) is 1. The van der Waals surface area contributed by atoms with Crippen LogP contribution in [0.3, 0.4) is 0 Å². The molecule has 3 aromatic carbocycles. The fourth-order valence-corrected chi connectivity index (χ4v) is 5.86. The SMILES string of the molecule is CCOc1ccc(S(=O)(=O)NC(Cc2ccccc2)C(=O)N2CCN(c3ccc(OC)cc3)CC2)cc1C. The van der Waals surface area contributed by atoms with E-state index in [1.165, 1.54) is 6.07 Å². The Morgan fingerprint density at radius 1 is 0.974 bits per heavy atom. The number of sulfonamides is 1. The highest BCUT2D eigenvalue weighted by Gasteiger charge is 2.31. The molecule has 38 heavy (non-hydrogen) atoms. The van der Waals surface area contributed by atoms with Gasteiger partial charge < -0.3 is 19.3 Å². The molecule has 9 heteroatoms. The summed E-state index contributed by atoms with van der Waals surface area (Å²) >= 11 is 0. The zero-order valence-corrected chi connectivity index (χ0v) is 22.9. The second kappa shape index (κ2) is 12.3. The lowest BCUT2D eigenvalue weighted by molar-refractivity contribution is -0.133. The molecule has 0 radical (unpaired) electrons. The molecule has 8 nitrogen and oxygen atoms in total. The van der Waals surface area contributed by atoms with Crippen LogP contribution in [0.1, 0.15) is 18.1 Å². The van der Waals surface area contributed by atoms with E-state index in [1.54, 1.807) is 31.1 Å². The van der Waals surface area contributed by atoms with Crippen LogP contribution >= 0.6 is 0 Å². The van der Waals surface area contributed by atoms with Gasteiger partial charge in [0, 0.05) is 31.9 Å². The van der Waals surface area contributed by atoms with Crippen LogP contribution in [-0.2, 0) is 21.2 Å². The van der Waals surface area contributed by atoms with E-state index in [9.17, 15) is 13.2 Å². The van der Waals surface area contributed by atoms with Crippen LogP contribution in [0.2, 0.25) is 0 Å². The first-order valence-electron chi connectivity index (χ1n) is 12.8. The standard InChI is InChI=1S/C29H35N3O5S/c1-4-37-28-15-14-26(20-22(28)2)38(34,35)30-27(21-23-8-6-5-7-9-23)29(33)32-18-16-31(17-19-32)24-10-12-25(36-3)13-11-24/h5-15,20,27,30H,4,16-19,21H2,1-3H3. The zero-order valence-electron chi connectivity index (χ0n) is 22.1. The number of nitrogens with zero attached hydrogens (tertiary/aromatic N) is 2. The average molecular weight is 538 g/mol. The molecule has 1 atom stereocenters. The van der Waals surface area contributed by atoms with Gasteiger partial charge in [0.15, 0.2) is 0 Å². The van der Waals surface area contributed by atoms with Gasteiger partial charge in [0.25, 0.3) is 0 Å². The van der Waals surface area contributed by atoms with Crippen molar-refractivity contribution in [3.05, 3.63) is 83.9 Å². The van der Waals surface area contributed by atoms with E-state index in [4.69, 9.17) is 9.47 Å². The Labute approximate surface area is 225 Å². The van der Waals surface area contributed by atoms with Crippen molar-refractivity contribution in [2.75, 3.05) is 44.8 Å². The number of carbonyl (C=O) groups is 1. The highest BCUT2D eigenvalue weighted by molar-refractivity contribution is 7.89. The van der Waals surface area contributed by atoms with Gasteiger partial charge in [-0.1, -0.05) is 30.3 Å². The van der Waals surface area contributed by atoms with Crippen LogP contribution in [0.4, 0.5) is 5.69 Å². The summed E-state index contributed by atoms with van der Waals surface area (Å²) < 4.78 is 40.3. The molecular weight excluding hydrogens is 502 g/mol. The molecule has 0 saturated carbocycles. The number of nitrogens with one attached hydrogen (secondary N) is 1. The van der Waals surface area contributed by atoms with E-state index in [0.29, 0.717) is 38.5 Å². The highest BCUT2D eigenvalue weighted by atomic mass is 32.2. The van der Waals surface area contributed by atoms with Gasteiger partial charge in [-0.15, -0.1) is 0 Å². The lowest BCUT2D eigenvalue weighted by Crippen LogP contribution is -2.55. The third-order valence-electron chi connectivity index (χ3n) is 6.66. The van der Waals surface area contributed by atoms with E-state index >= 15 is 0 Å². The summed E-state index contributed by atoms with van der Waals surface area (Å²) in [5.41, 5.74) is 2.66. The number of rotatable bonds is 10. The maximum atomic E-state index is 13.7. The number of methoxy groups -OCH3 is 1. The van der Waals surface area contributed by atoms with Crippen molar-refractivity contribution in [2.24, 2.45) is 0 Å². The van der Waals surface area contributed by atoms with Crippen LogP contribution in [0.5, 0.6) is 11.5 Å². The summed E-state index contributed by atoms with van der Waals surface area (Å²) in [5, 5.41) is 0. The van der Waals surface area contributed by atoms with Crippen molar-refractivity contribution in [2.45, 2.75) is 31.2 Å². The van der Waals surface area contributed by atoms with Crippen LogP contribution < -0.4 is 19.1 Å². The number of aryl methyl sites for hydroxylation is 1. The molecule has 0 bridgehead atoms. The molecule has 0 aromatic heterocycles. The van der Waals surface area contributed by atoms with E-state index in [0.717, 1.165) is 22.6 Å².